The molecule has 1 N–H and O–H groups in total. The second kappa shape index (κ2) is 9.08. The van der Waals surface area contributed by atoms with Crippen LogP contribution in [-0.2, 0) is 17.4 Å². The van der Waals surface area contributed by atoms with Gasteiger partial charge in [-0.25, -0.2) is 0 Å². The van der Waals surface area contributed by atoms with E-state index >= 15 is 0 Å². The highest BCUT2D eigenvalue weighted by atomic mass is 32.2. The molecule has 1 unspecified atom stereocenters. The zero-order chi connectivity index (χ0) is 21.0. The average molecular weight is 420 g/mol. The van der Waals surface area contributed by atoms with E-state index in [2.05, 4.69) is 0 Å². The fraction of sp³-hybridized carbons (Fsp3) is 0.348. The molecule has 0 aromatic heterocycles. The standard InChI is InChI=1S/C23H23F3O2S/c1-2-16-5-3-4-6-19(16)22-20(27)13-15(14-21(22)28)11-12-29-18-9-7-17(8-10-18)23(24,25)26/h3-10,15,27H,2,11-14H2,1H3. The summed E-state index contributed by atoms with van der Waals surface area (Å²) in [6, 6.07) is 12.7. The van der Waals surface area contributed by atoms with Gasteiger partial charge in [-0.2, -0.15) is 13.2 Å². The van der Waals surface area contributed by atoms with E-state index in [-0.39, 0.29) is 17.5 Å². The van der Waals surface area contributed by atoms with Gasteiger partial charge in [0.25, 0.3) is 0 Å². The van der Waals surface area contributed by atoms with Crippen LogP contribution in [0.25, 0.3) is 5.57 Å². The van der Waals surface area contributed by atoms with Crippen LogP contribution in [0.1, 0.15) is 42.9 Å². The van der Waals surface area contributed by atoms with Crippen LogP contribution in [0.3, 0.4) is 0 Å². The third-order valence-electron chi connectivity index (χ3n) is 5.17. The minimum Gasteiger partial charge on any atom is -0.512 e. The Balaban J connectivity index is 1.60. The van der Waals surface area contributed by atoms with Gasteiger partial charge in [0.15, 0.2) is 5.78 Å². The molecular weight excluding hydrogens is 397 g/mol. The molecule has 0 heterocycles. The molecule has 2 aromatic carbocycles. The normalized spacial score (nSPS) is 17.7. The van der Waals surface area contributed by atoms with E-state index in [0.29, 0.717) is 30.6 Å². The first-order valence-corrected chi connectivity index (χ1v) is 10.6. The second-order valence-electron chi connectivity index (χ2n) is 7.19. The van der Waals surface area contributed by atoms with Crippen molar-refractivity contribution in [3.63, 3.8) is 0 Å². The third-order valence-corrected chi connectivity index (χ3v) is 6.21. The highest BCUT2D eigenvalue weighted by Gasteiger charge is 2.30. The number of alkyl halides is 3. The number of allylic oxidation sites excluding steroid dienone is 2. The molecule has 0 radical (unpaired) electrons. The maximum atomic E-state index is 12.7. The van der Waals surface area contributed by atoms with Crippen LogP contribution in [0.2, 0.25) is 0 Å². The first-order chi connectivity index (χ1) is 13.8. The van der Waals surface area contributed by atoms with Gasteiger partial charge in [-0.05, 0) is 59.9 Å². The number of thioether (sulfide) groups is 1. The van der Waals surface area contributed by atoms with Crippen molar-refractivity contribution in [2.75, 3.05) is 5.75 Å². The van der Waals surface area contributed by atoms with Crippen molar-refractivity contribution in [3.8, 4) is 0 Å². The second-order valence-corrected chi connectivity index (χ2v) is 8.36. The van der Waals surface area contributed by atoms with Gasteiger partial charge in [0, 0.05) is 17.7 Å². The highest BCUT2D eigenvalue weighted by Crippen LogP contribution is 2.36. The van der Waals surface area contributed by atoms with Crippen LogP contribution in [0, 0.1) is 5.92 Å². The van der Waals surface area contributed by atoms with Gasteiger partial charge in [-0.15, -0.1) is 11.8 Å². The van der Waals surface area contributed by atoms with Gasteiger partial charge in [-0.3, -0.25) is 4.79 Å². The Morgan fingerprint density at radius 1 is 1.07 bits per heavy atom. The monoisotopic (exact) mass is 420 g/mol. The van der Waals surface area contributed by atoms with Crippen molar-refractivity contribution in [1.82, 2.24) is 0 Å². The van der Waals surface area contributed by atoms with Gasteiger partial charge >= 0.3 is 6.18 Å². The van der Waals surface area contributed by atoms with E-state index in [4.69, 9.17) is 0 Å². The van der Waals surface area contributed by atoms with Crippen LogP contribution < -0.4 is 0 Å². The lowest BCUT2D eigenvalue weighted by Gasteiger charge is -2.24. The molecule has 2 aromatic rings. The minimum atomic E-state index is -4.33. The highest BCUT2D eigenvalue weighted by molar-refractivity contribution is 7.99. The summed E-state index contributed by atoms with van der Waals surface area (Å²) in [4.78, 5) is 13.5. The number of aliphatic hydroxyl groups is 1. The number of carbonyl (C=O) groups excluding carboxylic acids is 1. The van der Waals surface area contributed by atoms with Crippen LogP contribution in [0.5, 0.6) is 0 Å². The van der Waals surface area contributed by atoms with E-state index in [1.54, 1.807) is 0 Å². The first kappa shape index (κ1) is 21.5. The van der Waals surface area contributed by atoms with Gasteiger partial charge in [0.1, 0.15) is 5.76 Å². The third kappa shape index (κ3) is 5.24. The number of hydrogen-bond donors (Lipinski definition) is 1. The predicted molar refractivity (Wildman–Crippen MR) is 110 cm³/mol. The Labute approximate surface area is 172 Å². The molecule has 0 amide bonds. The fourth-order valence-electron chi connectivity index (χ4n) is 3.64. The summed E-state index contributed by atoms with van der Waals surface area (Å²) in [6.07, 6.45) is -2.00. The van der Waals surface area contributed by atoms with E-state index in [0.717, 1.165) is 34.6 Å². The maximum Gasteiger partial charge on any atom is 0.416 e. The zero-order valence-electron chi connectivity index (χ0n) is 16.1. The molecule has 1 atom stereocenters. The molecule has 1 aliphatic carbocycles. The van der Waals surface area contributed by atoms with Gasteiger partial charge in [0.05, 0.1) is 11.1 Å². The first-order valence-electron chi connectivity index (χ1n) is 9.63. The fourth-order valence-corrected chi connectivity index (χ4v) is 4.65. The summed E-state index contributed by atoms with van der Waals surface area (Å²) in [5.41, 5.74) is 1.64. The number of aliphatic hydroxyl groups excluding tert-OH is 1. The topological polar surface area (TPSA) is 37.3 Å². The summed E-state index contributed by atoms with van der Waals surface area (Å²) in [5, 5.41) is 10.6. The molecule has 2 nitrogen and oxygen atoms in total. The number of rotatable bonds is 6. The minimum absolute atomic E-state index is 0.0424. The number of aryl methyl sites for hydroxylation is 1. The van der Waals surface area contributed by atoms with E-state index < -0.39 is 11.7 Å². The van der Waals surface area contributed by atoms with E-state index in [1.165, 1.54) is 23.9 Å². The Morgan fingerprint density at radius 2 is 1.76 bits per heavy atom. The summed E-state index contributed by atoms with van der Waals surface area (Å²) >= 11 is 1.46. The molecule has 0 bridgehead atoms. The van der Waals surface area contributed by atoms with Crippen LogP contribution in [0.4, 0.5) is 13.2 Å². The SMILES string of the molecule is CCc1ccccc1C1=C(O)CC(CCSc2ccc(C(F)(F)F)cc2)CC1=O. The van der Waals surface area contributed by atoms with Gasteiger partial charge in [-0.1, -0.05) is 31.2 Å². The van der Waals surface area contributed by atoms with Crippen LogP contribution >= 0.6 is 11.8 Å². The lowest BCUT2D eigenvalue weighted by atomic mass is 9.81. The number of halogens is 3. The Hall–Kier alpha value is -2.21. The summed E-state index contributed by atoms with van der Waals surface area (Å²) in [6.45, 7) is 2.02. The maximum absolute atomic E-state index is 12.7. The number of benzene rings is 2. The summed E-state index contributed by atoms with van der Waals surface area (Å²) in [5.74, 6) is 0.824. The Morgan fingerprint density at radius 3 is 2.38 bits per heavy atom. The summed E-state index contributed by atoms with van der Waals surface area (Å²) in [7, 11) is 0. The van der Waals surface area contributed by atoms with Crippen LogP contribution in [-0.4, -0.2) is 16.6 Å². The van der Waals surface area contributed by atoms with Crippen LogP contribution in [0.15, 0.2) is 59.2 Å². The van der Waals surface area contributed by atoms with Crippen molar-refractivity contribution >= 4 is 23.1 Å². The van der Waals surface area contributed by atoms with Crippen molar-refractivity contribution in [1.29, 1.82) is 0 Å². The molecule has 3 rings (SSSR count). The molecular formula is C23H23F3O2S. The Bertz CT molecular complexity index is 901. The summed E-state index contributed by atoms with van der Waals surface area (Å²) < 4.78 is 37.9. The molecule has 6 heteroatoms. The number of hydrogen-bond acceptors (Lipinski definition) is 3. The van der Waals surface area contributed by atoms with Gasteiger partial charge in [0.2, 0.25) is 0 Å². The molecule has 154 valence electrons. The van der Waals surface area contributed by atoms with Crippen molar-refractivity contribution in [2.24, 2.45) is 5.92 Å². The van der Waals surface area contributed by atoms with E-state index in [9.17, 15) is 23.1 Å². The molecule has 0 aliphatic heterocycles. The molecule has 1 aliphatic rings. The molecule has 0 saturated carbocycles. The van der Waals surface area contributed by atoms with Crippen molar-refractivity contribution in [2.45, 2.75) is 43.7 Å². The predicted octanol–water partition coefficient (Wildman–Crippen LogP) is 6.70. The number of carbonyl (C=O) groups is 1. The molecule has 0 fully saturated rings. The largest absolute Gasteiger partial charge is 0.512 e. The molecule has 0 spiro atoms. The number of ketones is 1. The lowest BCUT2D eigenvalue weighted by molar-refractivity contribution is -0.137. The lowest BCUT2D eigenvalue weighted by Crippen LogP contribution is -2.20. The van der Waals surface area contributed by atoms with Gasteiger partial charge < -0.3 is 5.11 Å². The van der Waals surface area contributed by atoms with Crippen molar-refractivity contribution < 1.29 is 23.1 Å². The number of Topliss-reactive ketones (excluding diaryl/α,β-unsaturated/α-hetero) is 1. The van der Waals surface area contributed by atoms with E-state index in [1.807, 2.05) is 31.2 Å². The average Bonchev–Trinajstić information content (AvgIpc) is 2.67. The Kier molecular flexibility index (Phi) is 6.73. The molecule has 0 saturated heterocycles. The van der Waals surface area contributed by atoms with Crippen molar-refractivity contribution in [3.05, 3.63) is 71.0 Å². The smallest absolute Gasteiger partial charge is 0.416 e. The zero-order valence-corrected chi connectivity index (χ0v) is 16.9. The molecule has 29 heavy (non-hydrogen) atoms. The quantitative estimate of drug-likeness (QED) is 0.529.